The molecule has 0 N–H and O–H groups in total. The van der Waals surface area contributed by atoms with E-state index in [1.54, 1.807) is 13.8 Å². The molecule has 2 heteroatoms. The van der Waals surface area contributed by atoms with Crippen molar-refractivity contribution in [3.63, 3.8) is 0 Å². The van der Waals surface area contributed by atoms with Crippen LogP contribution in [0.5, 0.6) is 0 Å². The van der Waals surface area contributed by atoms with Gasteiger partial charge in [-0.3, -0.25) is 0 Å². The van der Waals surface area contributed by atoms with E-state index in [0.717, 1.165) is 0 Å². The topological polar surface area (TPSA) is 0 Å². The Labute approximate surface area is 88.0 Å². The van der Waals surface area contributed by atoms with Gasteiger partial charge in [-0.25, -0.2) is 0 Å². The van der Waals surface area contributed by atoms with Crippen molar-refractivity contribution in [2.24, 2.45) is 0 Å². The van der Waals surface area contributed by atoms with Crippen LogP contribution in [0.25, 0.3) is 0 Å². The Morgan fingerprint density at radius 2 is 0.857 bits per heavy atom. The van der Waals surface area contributed by atoms with E-state index in [0.29, 0.717) is 0 Å². The van der Waals surface area contributed by atoms with Gasteiger partial charge in [0.15, 0.2) is 0 Å². The Hall–Kier alpha value is 1.79. The van der Waals surface area contributed by atoms with E-state index < -0.39 is 0 Å². The molecule has 0 amide bonds. The Morgan fingerprint density at radius 1 is 0.857 bits per heavy atom. The van der Waals surface area contributed by atoms with Gasteiger partial charge >= 0.3 is 0 Å². The summed E-state index contributed by atoms with van der Waals surface area (Å²) in [5.41, 5.74) is 0. The third-order valence-electron chi connectivity index (χ3n) is 0. The molecule has 0 aromatic carbocycles. The summed E-state index contributed by atoms with van der Waals surface area (Å²) in [7, 11) is 0. The molecule has 0 unspecified atom stereocenters. The van der Waals surface area contributed by atoms with Crippen molar-refractivity contribution in [1.29, 1.82) is 0 Å². The van der Waals surface area contributed by atoms with Crippen molar-refractivity contribution in [1.82, 2.24) is 0 Å². The van der Waals surface area contributed by atoms with Crippen LogP contribution in [0, 0.1) is 21.3 Å². The molecule has 0 aromatic heterocycles. The molecule has 0 heterocycles. The van der Waals surface area contributed by atoms with Gasteiger partial charge in [0.25, 0.3) is 0 Å². The van der Waals surface area contributed by atoms with Crippen LogP contribution in [0.2, 0.25) is 0 Å². The standard InChI is InChI=1S/2C2H5.CH3.W.Y/c2*1-2;;;/h2*1H2,2H3;1H3;;/q3*-1;;. The molecule has 0 saturated heterocycles. The van der Waals surface area contributed by atoms with E-state index in [1.165, 1.54) is 0 Å². The molecule has 45 valence electrons. The van der Waals surface area contributed by atoms with E-state index in [4.69, 9.17) is 0 Å². The van der Waals surface area contributed by atoms with Crippen LogP contribution in [0.1, 0.15) is 13.8 Å². The first-order chi connectivity index (χ1) is 2.00. The fraction of sp³-hybridized carbons (Fsp3) is 0.400. The van der Waals surface area contributed by atoms with E-state index >= 15 is 0 Å². The fourth-order valence-corrected chi connectivity index (χ4v) is 0. The van der Waals surface area contributed by atoms with E-state index in [2.05, 4.69) is 13.8 Å². The molecule has 0 fully saturated rings. The van der Waals surface area contributed by atoms with Crippen molar-refractivity contribution in [2.75, 3.05) is 0 Å². The number of hydrogen-bond acceptors (Lipinski definition) is 0. The molecular weight excluding hydrogens is 333 g/mol. The average molecular weight is 346 g/mol. The molecule has 0 aliphatic carbocycles. The van der Waals surface area contributed by atoms with Crippen molar-refractivity contribution in [2.45, 2.75) is 13.8 Å². The Bertz CT molecular complexity index is 8.04. The van der Waals surface area contributed by atoms with Crippen LogP contribution in [0.3, 0.4) is 0 Å². The van der Waals surface area contributed by atoms with Gasteiger partial charge in [0.05, 0.1) is 0 Å². The summed E-state index contributed by atoms with van der Waals surface area (Å²) < 4.78 is 0. The summed E-state index contributed by atoms with van der Waals surface area (Å²) >= 11 is 0. The zero-order valence-corrected chi connectivity index (χ0v) is 11.2. The third-order valence-corrected chi connectivity index (χ3v) is 0. The van der Waals surface area contributed by atoms with E-state index in [9.17, 15) is 0 Å². The molecule has 0 aromatic rings. The van der Waals surface area contributed by atoms with Crippen LogP contribution in [-0.2, 0) is 53.8 Å². The second-order valence-electron chi connectivity index (χ2n) is 0. The van der Waals surface area contributed by atoms with Crippen molar-refractivity contribution in [3.05, 3.63) is 21.3 Å². The normalized spacial score (nSPS) is 1.71. The smallest absolute Gasteiger partial charge is 0 e. The second kappa shape index (κ2) is 112. The maximum atomic E-state index is 3.25. The van der Waals surface area contributed by atoms with Crippen LogP contribution < -0.4 is 0 Å². The van der Waals surface area contributed by atoms with Crippen LogP contribution in [-0.4, -0.2) is 0 Å². The summed E-state index contributed by atoms with van der Waals surface area (Å²) in [6.07, 6.45) is 0. The van der Waals surface area contributed by atoms with Crippen LogP contribution in [0.4, 0.5) is 0 Å². The summed E-state index contributed by atoms with van der Waals surface area (Å²) in [6.45, 7) is 10.0. The molecule has 0 saturated carbocycles. The minimum absolute atomic E-state index is 0. The first-order valence-electron chi connectivity index (χ1n) is 1.41. The van der Waals surface area contributed by atoms with Crippen LogP contribution >= 0.6 is 0 Å². The molecule has 0 nitrogen and oxygen atoms in total. The van der Waals surface area contributed by atoms with Gasteiger partial charge < -0.3 is 21.3 Å². The largest absolute Gasteiger partial charge is 0.358 e. The molecule has 0 bridgehead atoms. The predicted molar refractivity (Wildman–Crippen MR) is 28.5 cm³/mol. The minimum atomic E-state index is 0. The number of hydrogen-bond donors (Lipinski definition) is 0. The molecule has 0 atom stereocenters. The number of rotatable bonds is 0. The van der Waals surface area contributed by atoms with Gasteiger partial charge in [0, 0.05) is 53.8 Å². The van der Waals surface area contributed by atoms with Gasteiger partial charge in [-0.1, -0.05) is 0 Å². The molecule has 7 heavy (non-hydrogen) atoms. The summed E-state index contributed by atoms with van der Waals surface area (Å²) in [4.78, 5) is 0. The predicted octanol–water partition coefficient (Wildman–Crippen LogP) is 2.13. The summed E-state index contributed by atoms with van der Waals surface area (Å²) in [5.74, 6) is 0. The third kappa shape index (κ3) is 81.4. The molecule has 1 radical (unpaired) electrons. The van der Waals surface area contributed by atoms with Crippen LogP contribution in [0.15, 0.2) is 0 Å². The quantitative estimate of drug-likeness (QED) is 0.590. The Balaban J connectivity index is -0.00000000267. The first-order valence-corrected chi connectivity index (χ1v) is 1.41. The van der Waals surface area contributed by atoms with Crippen molar-refractivity contribution < 1.29 is 53.8 Å². The zero-order chi connectivity index (χ0) is 4.00. The fourth-order valence-electron chi connectivity index (χ4n) is 0. The Morgan fingerprint density at radius 3 is 0.857 bits per heavy atom. The second-order valence-corrected chi connectivity index (χ2v) is 0. The zero-order valence-electron chi connectivity index (χ0n) is 5.40. The summed E-state index contributed by atoms with van der Waals surface area (Å²) in [5, 5.41) is 0. The van der Waals surface area contributed by atoms with Gasteiger partial charge in [-0.05, 0) is 0 Å². The monoisotopic (exact) mass is 346 g/mol. The molecule has 0 rings (SSSR count). The maximum Gasteiger partial charge on any atom is 0 e. The maximum absolute atomic E-state index is 3.25. The first kappa shape index (κ1) is 37.1. The van der Waals surface area contributed by atoms with Gasteiger partial charge in [0.1, 0.15) is 0 Å². The van der Waals surface area contributed by atoms with Crippen molar-refractivity contribution >= 4 is 0 Å². The minimum Gasteiger partial charge on any atom is -0.358 e. The average Bonchev–Trinajstić information content (AvgIpc) is 1.50. The van der Waals surface area contributed by atoms with E-state index in [1.807, 2.05) is 0 Å². The van der Waals surface area contributed by atoms with Gasteiger partial charge in [0.2, 0.25) is 0 Å². The SMILES string of the molecule is [CH2-]C.[CH2-]C.[CH3-].[W].[Y]. The molecule has 0 aliphatic heterocycles. The molecular formula is C5H13WY-3. The van der Waals surface area contributed by atoms with E-state index in [-0.39, 0.29) is 61.2 Å². The van der Waals surface area contributed by atoms with Crippen molar-refractivity contribution in [3.8, 4) is 0 Å². The Kier molecular flexibility index (Phi) is 594. The summed E-state index contributed by atoms with van der Waals surface area (Å²) in [6, 6.07) is 0. The van der Waals surface area contributed by atoms with Gasteiger partial charge in [-0.15, -0.1) is 0 Å². The molecule has 0 spiro atoms. The van der Waals surface area contributed by atoms with Gasteiger partial charge in [-0.2, -0.15) is 13.8 Å². The molecule has 0 aliphatic rings.